The minimum Gasteiger partial charge on any atom is -0.359 e. The van der Waals surface area contributed by atoms with Crippen LogP contribution in [0, 0.1) is 6.92 Å². The number of rotatable bonds is 9. The number of ether oxygens (including phenoxy) is 2. The van der Waals surface area contributed by atoms with Crippen LogP contribution in [0.3, 0.4) is 0 Å². The number of benzene rings is 1. The van der Waals surface area contributed by atoms with E-state index in [0.29, 0.717) is 13.0 Å². The number of hydrogen-bond acceptors (Lipinski definition) is 6. The second-order valence-corrected chi connectivity index (χ2v) is 6.87. The molecular weight excluding hydrogens is 330 g/mol. The highest BCUT2D eigenvalue weighted by Gasteiger charge is 2.14. The van der Waals surface area contributed by atoms with Crippen molar-refractivity contribution < 1.29 is 22.1 Å². The summed E-state index contributed by atoms with van der Waals surface area (Å²) in [6, 6.07) is 10.3. The zero-order chi connectivity index (χ0) is 17.4. The largest absolute Gasteiger partial charge is 0.359 e. The Labute approximate surface area is 142 Å². The molecule has 0 aliphatic carbocycles. The quantitative estimate of drug-likeness (QED) is 0.392. The first-order valence-corrected chi connectivity index (χ1v) is 8.88. The lowest BCUT2D eigenvalue weighted by molar-refractivity contribution is -0.0391. The Morgan fingerprint density at radius 3 is 2.46 bits per heavy atom. The molecule has 1 aromatic heterocycles. The molecule has 0 spiro atoms. The first-order chi connectivity index (χ1) is 11.5. The average molecular weight is 351 g/mol. The molecule has 2 aromatic rings. The lowest BCUT2D eigenvalue weighted by atomic mass is 10.2. The van der Waals surface area contributed by atoms with Gasteiger partial charge in [-0.25, -0.2) is 0 Å². The molecule has 0 N–H and O–H groups in total. The summed E-state index contributed by atoms with van der Waals surface area (Å²) in [5.74, 6) is 0. The Morgan fingerprint density at radius 2 is 1.83 bits per heavy atom. The fourth-order valence-corrected chi connectivity index (χ4v) is 2.87. The molecule has 0 saturated carbocycles. The smallest absolute Gasteiger partial charge is 0.296 e. The van der Waals surface area contributed by atoms with Crippen molar-refractivity contribution in [3.05, 3.63) is 59.4 Å². The topological polar surface area (TPSA) is 74.7 Å². The molecule has 0 amide bonds. The number of methoxy groups -OCH3 is 1. The molecule has 0 fully saturated rings. The van der Waals surface area contributed by atoms with Crippen molar-refractivity contribution >= 4 is 10.1 Å². The molecule has 1 heterocycles. The number of aryl methyl sites for hydroxylation is 1. The molecule has 130 valence electrons. The van der Waals surface area contributed by atoms with Crippen LogP contribution in [0.4, 0.5) is 0 Å². The van der Waals surface area contributed by atoms with E-state index >= 15 is 0 Å². The Morgan fingerprint density at radius 1 is 1.08 bits per heavy atom. The van der Waals surface area contributed by atoms with Gasteiger partial charge in [0.2, 0.25) is 0 Å². The lowest BCUT2D eigenvalue weighted by Gasteiger charge is -2.07. The van der Waals surface area contributed by atoms with Crippen LogP contribution in [0.1, 0.15) is 16.8 Å². The van der Waals surface area contributed by atoms with Gasteiger partial charge in [-0.3, -0.25) is 9.17 Å². The molecule has 1 aromatic carbocycles. The van der Waals surface area contributed by atoms with Crippen molar-refractivity contribution in [2.75, 3.05) is 20.5 Å². The second kappa shape index (κ2) is 8.89. The zero-order valence-corrected chi connectivity index (χ0v) is 14.6. The summed E-state index contributed by atoms with van der Waals surface area (Å²) in [5.41, 5.74) is 2.67. The lowest BCUT2D eigenvalue weighted by Crippen LogP contribution is -2.10. The predicted molar refractivity (Wildman–Crippen MR) is 88.9 cm³/mol. The van der Waals surface area contributed by atoms with Crippen molar-refractivity contribution in [2.24, 2.45) is 0 Å². The summed E-state index contributed by atoms with van der Waals surface area (Å²) in [6.45, 7) is 2.58. The molecule has 0 aliphatic rings. The molecule has 0 radical (unpaired) electrons. The maximum Gasteiger partial charge on any atom is 0.296 e. The maximum atomic E-state index is 12.1. The van der Waals surface area contributed by atoms with Crippen molar-refractivity contribution in [3.8, 4) is 0 Å². The SMILES string of the molecule is COCOCc1ccc(CCOS(=O)(=O)c2ccc(C)cc2)nc1. The van der Waals surface area contributed by atoms with Gasteiger partial charge in [0.1, 0.15) is 6.79 Å². The van der Waals surface area contributed by atoms with E-state index in [-0.39, 0.29) is 18.3 Å². The van der Waals surface area contributed by atoms with Gasteiger partial charge in [0.15, 0.2) is 0 Å². The second-order valence-electron chi connectivity index (χ2n) is 5.25. The standard InChI is InChI=1S/C17H21NO5S/c1-14-3-7-17(8-4-14)24(19,20)23-10-9-16-6-5-15(11-18-16)12-22-13-21-2/h3-8,11H,9-10,12-13H2,1-2H3. The molecule has 6 nitrogen and oxygen atoms in total. The van der Waals surface area contributed by atoms with E-state index in [1.165, 1.54) is 12.1 Å². The Bertz CT molecular complexity index is 727. The van der Waals surface area contributed by atoms with Crippen molar-refractivity contribution in [2.45, 2.75) is 24.8 Å². The fraction of sp³-hybridized carbons (Fsp3) is 0.353. The third-order valence-electron chi connectivity index (χ3n) is 3.26. The number of nitrogens with zero attached hydrogens (tertiary/aromatic N) is 1. The molecule has 0 unspecified atom stereocenters. The van der Waals surface area contributed by atoms with Crippen LogP contribution in [0.25, 0.3) is 0 Å². The van der Waals surface area contributed by atoms with Crippen molar-refractivity contribution in [1.82, 2.24) is 4.98 Å². The summed E-state index contributed by atoms with van der Waals surface area (Å²) in [6.07, 6.45) is 2.10. The molecule has 24 heavy (non-hydrogen) atoms. The molecule has 0 saturated heterocycles. The van der Waals surface area contributed by atoms with Crippen LogP contribution >= 0.6 is 0 Å². The van der Waals surface area contributed by atoms with Crippen molar-refractivity contribution in [3.63, 3.8) is 0 Å². The predicted octanol–water partition coefficient (Wildman–Crippen LogP) is 2.46. The van der Waals surface area contributed by atoms with Crippen molar-refractivity contribution in [1.29, 1.82) is 0 Å². The first-order valence-electron chi connectivity index (χ1n) is 7.48. The third kappa shape index (κ3) is 5.68. The van der Waals surface area contributed by atoms with Crippen LogP contribution in [0.15, 0.2) is 47.5 Å². The Balaban J connectivity index is 1.84. The maximum absolute atomic E-state index is 12.1. The van der Waals surface area contributed by atoms with Crippen LogP contribution in [0.5, 0.6) is 0 Å². The third-order valence-corrected chi connectivity index (χ3v) is 4.59. The first kappa shape index (κ1) is 18.5. The Kier molecular flexibility index (Phi) is 6.86. The van der Waals surface area contributed by atoms with Gasteiger partial charge in [0.25, 0.3) is 10.1 Å². The molecule has 7 heteroatoms. The van der Waals surface area contributed by atoms with Crippen LogP contribution < -0.4 is 0 Å². The minimum absolute atomic E-state index is 0.0444. The minimum atomic E-state index is -3.73. The van der Waals surface area contributed by atoms with E-state index in [2.05, 4.69) is 4.98 Å². The van der Waals surface area contributed by atoms with E-state index in [0.717, 1.165) is 16.8 Å². The number of aromatic nitrogens is 1. The molecule has 2 rings (SSSR count). The highest BCUT2D eigenvalue weighted by atomic mass is 32.2. The van der Waals surface area contributed by atoms with Gasteiger partial charge in [0.05, 0.1) is 18.1 Å². The monoisotopic (exact) mass is 351 g/mol. The van der Waals surface area contributed by atoms with Gasteiger partial charge in [-0.05, 0) is 30.7 Å². The van der Waals surface area contributed by atoms with Gasteiger partial charge in [-0.15, -0.1) is 0 Å². The Hall–Kier alpha value is -1.80. The van der Waals surface area contributed by atoms with Gasteiger partial charge in [0, 0.05) is 25.4 Å². The van der Waals surface area contributed by atoms with Gasteiger partial charge in [-0.2, -0.15) is 8.42 Å². The van der Waals surface area contributed by atoms with E-state index in [4.69, 9.17) is 13.7 Å². The summed E-state index contributed by atoms with van der Waals surface area (Å²) >= 11 is 0. The highest BCUT2D eigenvalue weighted by Crippen LogP contribution is 2.13. The average Bonchev–Trinajstić information content (AvgIpc) is 2.57. The highest BCUT2D eigenvalue weighted by molar-refractivity contribution is 7.86. The van der Waals surface area contributed by atoms with Gasteiger partial charge in [-0.1, -0.05) is 23.8 Å². The molecular formula is C17H21NO5S. The van der Waals surface area contributed by atoms with Gasteiger partial charge >= 0.3 is 0 Å². The zero-order valence-electron chi connectivity index (χ0n) is 13.8. The normalized spacial score (nSPS) is 11.6. The molecule has 0 atom stereocenters. The summed E-state index contributed by atoms with van der Waals surface area (Å²) in [4.78, 5) is 4.42. The summed E-state index contributed by atoms with van der Waals surface area (Å²) in [7, 11) is -2.17. The van der Waals surface area contributed by atoms with Crippen LogP contribution in [-0.2, 0) is 36.8 Å². The van der Waals surface area contributed by atoms with E-state index in [1.54, 1.807) is 25.4 Å². The summed E-state index contributed by atoms with van der Waals surface area (Å²) in [5, 5.41) is 0. The van der Waals surface area contributed by atoms with E-state index in [1.807, 2.05) is 19.1 Å². The van der Waals surface area contributed by atoms with Gasteiger partial charge < -0.3 is 9.47 Å². The number of hydrogen-bond donors (Lipinski definition) is 0. The van der Waals surface area contributed by atoms with E-state index < -0.39 is 10.1 Å². The summed E-state index contributed by atoms with van der Waals surface area (Å²) < 4.78 is 39.2. The molecule has 0 bridgehead atoms. The van der Waals surface area contributed by atoms with Crippen LogP contribution in [-0.4, -0.2) is 33.9 Å². The fourth-order valence-electron chi connectivity index (χ4n) is 1.96. The van der Waals surface area contributed by atoms with E-state index in [9.17, 15) is 8.42 Å². The van der Waals surface area contributed by atoms with Crippen LogP contribution in [0.2, 0.25) is 0 Å². The number of pyridine rings is 1. The molecule has 0 aliphatic heterocycles.